The minimum atomic E-state index is 0.466. The largest absolute Gasteiger partial charge is 0.378 e. The lowest BCUT2D eigenvalue weighted by atomic mass is 10.1. The van der Waals surface area contributed by atoms with E-state index >= 15 is 0 Å². The minimum absolute atomic E-state index is 0.466. The van der Waals surface area contributed by atoms with Crippen LogP contribution in [0.2, 0.25) is 0 Å². The van der Waals surface area contributed by atoms with E-state index in [0.717, 1.165) is 26.1 Å². The molecule has 0 bridgehead atoms. The Morgan fingerprint density at radius 2 is 2.27 bits per heavy atom. The van der Waals surface area contributed by atoms with Crippen molar-refractivity contribution in [3.05, 3.63) is 0 Å². The molecule has 0 aliphatic carbocycles. The zero-order valence-corrected chi connectivity index (χ0v) is 9.91. The van der Waals surface area contributed by atoms with Crippen LogP contribution in [0.1, 0.15) is 39.5 Å². The molecule has 0 aromatic rings. The number of hydrogen-bond acceptors (Lipinski definition) is 3. The average molecular weight is 210 g/mol. The van der Waals surface area contributed by atoms with Gasteiger partial charge in [-0.15, -0.1) is 0 Å². The van der Waals surface area contributed by atoms with Gasteiger partial charge in [0.15, 0.2) is 0 Å². The molecule has 1 rings (SSSR count). The van der Waals surface area contributed by atoms with E-state index in [1.165, 1.54) is 12.8 Å². The number of hydrogen-bond donors (Lipinski definition) is 0. The second kappa shape index (κ2) is 6.81. The van der Waals surface area contributed by atoms with Gasteiger partial charge in [0, 0.05) is 32.2 Å². The second-order valence-electron chi connectivity index (χ2n) is 4.46. The normalized spacial score (nSPS) is 21.1. The lowest BCUT2D eigenvalue weighted by Gasteiger charge is -2.26. The fourth-order valence-corrected chi connectivity index (χ4v) is 2.00. The quantitative estimate of drug-likeness (QED) is 0.674. The molecule has 0 saturated carbocycles. The number of rotatable bonds is 6. The molecule has 1 fully saturated rings. The van der Waals surface area contributed by atoms with E-state index < -0.39 is 0 Å². The van der Waals surface area contributed by atoms with Gasteiger partial charge in [-0.1, -0.05) is 0 Å². The summed E-state index contributed by atoms with van der Waals surface area (Å²) in [7, 11) is 0. The second-order valence-corrected chi connectivity index (χ2v) is 4.46. The molecule has 3 heteroatoms. The number of nitrogens with zero attached hydrogens (tertiary/aromatic N) is 2. The van der Waals surface area contributed by atoms with Crippen LogP contribution in [0, 0.1) is 11.3 Å². The molecule has 0 spiro atoms. The first-order valence-corrected chi connectivity index (χ1v) is 5.96. The highest BCUT2D eigenvalue weighted by atomic mass is 16.5. The van der Waals surface area contributed by atoms with Crippen molar-refractivity contribution in [1.29, 1.82) is 5.26 Å². The SMILES string of the molecule is CC(C)N(CCC#N)CCC1CCCO1. The first-order valence-electron chi connectivity index (χ1n) is 5.96. The van der Waals surface area contributed by atoms with Gasteiger partial charge in [0.05, 0.1) is 12.2 Å². The lowest BCUT2D eigenvalue weighted by Crippen LogP contribution is -2.34. The lowest BCUT2D eigenvalue weighted by molar-refractivity contribution is 0.0875. The Morgan fingerprint density at radius 3 is 2.80 bits per heavy atom. The predicted octanol–water partition coefficient (Wildman–Crippen LogP) is 2.18. The molecule has 1 unspecified atom stereocenters. The van der Waals surface area contributed by atoms with Crippen LogP contribution in [0.15, 0.2) is 0 Å². The van der Waals surface area contributed by atoms with Gasteiger partial charge >= 0.3 is 0 Å². The summed E-state index contributed by atoms with van der Waals surface area (Å²) in [4.78, 5) is 2.37. The van der Waals surface area contributed by atoms with Crippen molar-refractivity contribution in [1.82, 2.24) is 4.90 Å². The molecule has 0 aromatic carbocycles. The molecule has 1 aliphatic heterocycles. The van der Waals surface area contributed by atoms with Crippen molar-refractivity contribution >= 4 is 0 Å². The third-order valence-electron chi connectivity index (χ3n) is 3.00. The third-order valence-corrected chi connectivity index (χ3v) is 3.00. The summed E-state index contributed by atoms with van der Waals surface area (Å²) in [6.07, 6.45) is 4.63. The Bertz CT molecular complexity index is 204. The summed E-state index contributed by atoms with van der Waals surface area (Å²) >= 11 is 0. The maximum absolute atomic E-state index is 8.58. The van der Waals surface area contributed by atoms with E-state index in [1.54, 1.807) is 0 Å². The van der Waals surface area contributed by atoms with E-state index in [4.69, 9.17) is 10.00 Å². The van der Waals surface area contributed by atoms with Gasteiger partial charge in [-0.3, -0.25) is 4.90 Å². The summed E-state index contributed by atoms with van der Waals surface area (Å²) in [5, 5.41) is 8.58. The first-order chi connectivity index (χ1) is 7.24. The van der Waals surface area contributed by atoms with Crippen LogP contribution < -0.4 is 0 Å². The van der Waals surface area contributed by atoms with Crippen LogP contribution in [-0.4, -0.2) is 36.7 Å². The number of ether oxygens (including phenoxy) is 1. The summed E-state index contributed by atoms with van der Waals surface area (Å²) in [6, 6.07) is 2.74. The molecule has 1 saturated heterocycles. The first kappa shape index (κ1) is 12.5. The van der Waals surface area contributed by atoms with Crippen molar-refractivity contribution < 1.29 is 4.74 Å². The monoisotopic (exact) mass is 210 g/mol. The van der Waals surface area contributed by atoms with Gasteiger partial charge < -0.3 is 4.74 Å². The van der Waals surface area contributed by atoms with E-state index in [9.17, 15) is 0 Å². The molecule has 0 radical (unpaired) electrons. The van der Waals surface area contributed by atoms with Gasteiger partial charge in [-0.25, -0.2) is 0 Å². The molecular weight excluding hydrogens is 188 g/mol. The zero-order valence-electron chi connectivity index (χ0n) is 9.91. The van der Waals surface area contributed by atoms with Crippen molar-refractivity contribution in [2.24, 2.45) is 0 Å². The molecule has 0 N–H and O–H groups in total. The maximum Gasteiger partial charge on any atom is 0.0635 e. The Labute approximate surface area is 93.0 Å². The van der Waals surface area contributed by atoms with Crippen LogP contribution in [0.5, 0.6) is 0 Å². The van der Waals surface area contributed by atoms with Gasteiger partial charge in [0.2, 0.25) is 0 Å². The number of nitriles is 1. The average Bonchev–Trinajstić information content (AvgIpc) is 2.70. The Hall–Kier alpha value is -0.590. The topological polar surface area (TPSA) is 36.3 Å². The Morgan fingerprint density at radius 1 is 1.47 bits per heavy atom. The summed E-state index contributed by atoms with van der Waals surface area (Å²) in [6.45, 7) is 7.26. The highest BCUT2D eigenvalue weighted by molar-refractivity contribution is 4.75. The van der Waals surface area contributed by atoms with E-state index in [1.807, 2.05) is 0 Å². The molecule has 86 valence electrons. The standard InChI is InChI=1S/C12H22N2O/c1-11(2)14(8-4-7-13)9-6-12-5-3-10-15-12/h11-12H,3-6,8-10H2,1-2H3. The highest BCUT2D eigenvalue weighted by Gasteiger charge is 2.17. The molecule has 1 heterocycles. The van der Waals surface area contributed by atoms with E-state index in [-0.39, 0.29) is 0 Å². The molecular formula is C12H22N2O. The molecule has 15 heavy (non-hydrogen) atoms. The van der Waals surface area contributed by atoms with E-state index in [2.05, 4.69) is 24.8 Å². The Kier molecular flexibility index (Phi) is 5.67. The molecule has 1 atom stereocenters. The van der Waals surface area contributed by atoms with Gasteiger partial charge in [-0.05, 0) is 33.1 Å². The van der Waals surface area contributed by atoms with Crippen molar-refractivity contribution in [2.75, 3.05) is 19.7 Å². The highest BCUT2D eigenvalue weighted by Crippen LogP contribution is 2.16. The van der Waals surface area contributed by atoms with Gasteiger partial charge in [0.25, 0.3) is 0 Å². The predicted molar refractivity (Wildman–Crippen MR) is 60.5 cm³/mol. The van der Waals surface area contributed by atoms with E-state index in [0.29, 0.717) is 18.6 Å². The minimum Gasteiger partial charge on any atom is -0.378 e. The van der Waals surface area contributed by atoms with Crippen molar-refractivity contribution in [2.45, 2.75) is 51.7 Å². The molecule has 1 aliphatic rings. The van der Waals surface area contributed by atoms with Crippen LogP contribution in [-0.2, 0) is 4.74 Å². The van der Waals surface area contributed by atoms with Crippen molar-refractivity contribution in [3.8, 4) is 6.07 Å². The summed E-state index contributed by atoms with van der Waals surface area (Å²) in [5.41, 5.74) is 0. The van der Waals surface area contributed by atoms with Gasteiger partial charge in [0.1, 0.15) is 0 Å². The van der Waals surface area contributed by atoms with Crippen LogP contribution in [0.25, 0.3) is 0 Å². The smallest absolute Gasteiger partial charge is 0.0635 e. The maximum atomic E-state index is 8.58. The Balaban J connectivity index is 2.21. The van der Waals surface area contributed by atoms with Gasteiger partial charge in [-0.2, -0.15) is 5.26 Å². The van der Waals surface area contributed by atoms with Crippen molar-refractivity contribution in [3.63, 3.8) is 0 Å². The van der Waals surface area contributed by atoms with Crippen LogP contribution in [0.4, 0.5) is 0 Å². The summed E-state index contributed by atoms with van der Waals surface area (Å²) in [5.74, 6) is 0. The zero-order chi connectivity index (χ0) is 11.1. The summed E-state index contributed by atoms with van der Waals surface area (Å²) < 4.78 is 5.60. The fourth-order valence-electron chi connectivity index (χ4n) is 2.00. The molecule has 3 nitrogen and oxygen atoms in total. The third kappa shape index (κ3) is 4.63. The van der Waals surface area contributed by atoms with Crippen LogP contribution in [0.3, 0.4) is 0 Å². The fraction of sp³-hybridized carbons (Fsp3) is 0.917. The van der Waals surface area contributed by atoms with Crippen LogP contribution >= 0.6 is 0 Å². The molecule has 0 aromatic heterocycles. The molecule has 0 amide bonds.